The molecule has 0 radical (unpaired) electrons. The van der Waals surface area contributed by atoms with E-state index in [1.807, 2.05) is 6.92 Å². The van der Waals surface area contributed by atoms with E-state index >= 15 is 0 Å². The number of anilines is 1. The number of halogens is 1. The highest BCUT2D eigenvalue weighted by Gasteiger charge is 2.31. The van der Waals surface area contributed by atoms with Crippen LogP contribution in [0.2, 0.25) is 5.28 Å². The largest absolute Gasteiger partial charge is 0.464 e. The van der Waals surface area contributed by atoms with Crippen molar-refractivity contribution in [1.29, 1.82) is 0 Å². The number of aromatic nitrogens is 3. The molecule has 0 unspecified atom stereocenters. The molecule has 1 heterocycles. The molecule has 0 spiro atoms. The van der Waals surface area contributed by atoms with Crippen LogP contribution in [-0.2, 0) is 0 Å². The van der Waals surface area contributed by atoms with Crippen molar-refractivity contribution in [2.24, 2.45) is 5.92 Å². The highest BCUT2D eigenvalue weighted by atomic mass is 35.5. The molecule has 20 heavy (non-hydrogen) atoms. The van der Waals surface area contributed by atoms with Crippen LogP contribution in [0.3, 0.4) is 0 Å². The molecule has 2 rings (SSSR count). The molecule has 2 N–H and O–H groups in total. The summed E-state index contributed by atoms with van der Waals surface area (Å²) in [5.41, 5.74) is -0.697. The summed E-state index contributed by atoms with van der Waals surface area (Å²) in [7, 11) is 0. The van der Waals surface area contributed by atoms with E-state index < -0.39 is 5.60 Å². The molecule has 0 aromatic carbocycles. The van der Waals surface area contributed by atoms with E-state index in [-0.39, 0.29) is 11.3 Å². The standard InChI is InChI=1S/C13H21ClN4O2/c1-3-20-12-17-10(14)16-11(18-12)15-8-13(19)6-4-9(2)5-7-13/h9,19H,3-8H2,1-2H3,(H,15,16,17,18). The fraction of sp³-hybridized carbons (Fsp3) is 0.769. The second kappa shape index (κ2) is 6.54. The minimum absolute atomic E-state index is 0.0789. The zero-order chi connectivity index (χ0) is 14.6. The summed E-state index contributed by atoms with van der Waals surface area (Å²) in [6.45, 7) is 4.93. The zero-order valence-electron chi connectivity index (χ0n) is 11.9. The molecule has 112 valence electrons. The Balaban J connectivity index is 1.96. The minimum Gasteiger partial charge on any atom is -0.464 e. The van der Waals surface area contributed by atoms with E-state index in [1.54, 1.807) is 0 Å². The lowest BCUT2D eigenvalue weighted by molar-refractivity contribution is 0.00486. The third kappa shape index (κ3) is 4.18. The molecule has 1 aliphatic rings. The first kappa shape index (κ1) is 15.3. The summed E-state index contributed by atoms with van der Waals surface area (Å²) in [5, 5.41) is 13.6. The van der Waals surface area contributed by atoms with Crippen molar-refractivity contribution in [3.8, 4) is 6.01 Å². The molecule has 0 aliphatic heterocycles. The molecule has 1 fully saturated rings. The maximum absolute atomic E-state index is 10.5. The fourth-order valence-corrected chi connectivity index (χ4v) is 2.48. The van der Waals surface area contributed by atoms with Crippen molar-refractivity contribution in [3.05, 3.63) is 5.28 Å². The summed E-state index contributed by atoms with van der Waals surface area (Å²) in [5.74, 6) is 1.02. The van der Waals surface area contributed by atoms with Crippen molar-refractivity contribution in [2.45, 2.75) is 45.1 Å². The van der Waals surface area contributed by atoms with Gasteiger partial charge in [-0.25, -0.2) is 0 Å². The first-order chi connectivity index (χ1) is 9.50. The molecule has 1 aromatic heterocycles. The number of hydrogen-bond acceptors (Lipinski definition) is 6. The Morgan fingerprint density at radius 1 is 1.35 bits per heavy atom. The van der Waals surface area contributed by atoms with E-state index in [4.69, 9.17) is 16.3 Å². The fourth-order valence-electron chi connectivity index (χ4n) is 2.32. The third-order valence-corrected chi connectivity index (χ3v) is 3.81. The molecule has 6 nitrogen and oxygen atoms in total. The van der Waals surface area contributed by atoms with E-state index in [9.17, 15) is 5.11 Å². The highest BCUT2D eigenvalue weighted by molar-refractivity contribution is 6.28. The molecule has 0 bridgehead atoms. The van der Waals surface area contributed by atoms with Crippen molar-refractivity contribution in [3.63, 3.8) is 0 Å². The molecular weight excluding hydrogens is 280 g/mol. The Bertz CT molecular complexity index is 450. The Hall–Kier alpha value is -1.14. The van der Waals surface area contributed by atoms with Gasteiger partial charge in [-0.1, -0.05) is 6.92 Å². The molecular formula is C13H21ClN4O2. The molecule has 0 atom stereocenters. The lowest BCUT2D eigenvalue weighted by Gasteiger charge is -2.34. The van der Waals surface area contributed by atoms with Gasteiger partial charge in [0.1, 0.15) is 0 Å². The van der Waals surface area contributed by atoms with E-state index in [0.717, 1.165) is 25.7 Å². The second-order valence-corrected chi connectivity index (χ2v) is 5.74. The number of rotatable bonds is 5. The number of aliphatic hydroxyl groups is 1. The summed E-state index contributed by atoms with van der Waals surface area (Å²) >= 11 is 5.82. The van der Waals surface area contributed by atoms with Crippen LogP contribution in [0.5, 0.6) is 6.01 Å². The number of nitrogens with zero attached hydrogens (tertiary/aromatic N) is 3. The number of ether oxygens (including phenoxy) is 1. The Kier molecular flexibility index (Phi) is 4.99. The lowest BCUT2D eigenvalue weighted by atomic mass is 9.79. The van der Waals surface area contributed by atoms with Gasteiger partial charge in [0.25, 0.3) is 0 Å². The van der Waals surface area contributed by atoms with Gasteiger partial charge >= 0.3 is 6.01 Å². The van der Waals surface area contributed by atoms with Crippen LogP contribution >= 0.6 is 11.6 Å². The third-order valence-electron chi connectivity index (χ3n) is 3.64. The highest BCUT2D eigenvalue weighted by Crippen LogP contribution is 2.31. The van der Waals surface area contributed by atoms with Gasteiger partial charge in [-0.2, -0.15) is 15.0 Å². The maximum atomic E-state index is 10.5. The van der Waals surface area contributed by atoms with Crippen molar-refractivity contribution >= 4 is 17.5 Å². The zero-order valence-corrected chi connectivity index (χ0v) is 12.7. The molecule has 7 heteroatoms. The molecule has 0 amide bonds. The predicted octanol–water partition coefficient (Wildman–Crippen LogP) is 2.28. The van der Waals surface area contributed by atoms with Gasteiger partial charge in [0.15, 0.2) is 0 Å². The monoisotopic (exact) mass is 300 g/mol. The lowest BCUT2D eigenvalue weighted by Crippen LogP contribution is -2.40. The van der Waals surface area contributed by atoms with Gasteiger partial charge in [0.05, 0.1) is 12.2 Å². The van der Waals surface area contributed by atoms with Crippen molar-refractivity contribution in [1.82, 2.24) is 15.0 Å². The van der Waals surface area contributed by atoms with Crippen LogP contribution in [0.1, 0.15) is 39.5 Å². The Morgan fingerprint density at radius 3 is 2.70 bits per heavy atom. The van der Waals surface area contributed by atoms with E-state index in [2.05, 4.69) is 27.2 Å². The quantitative estimate of drug-likeness (QED) is 0.868. The van der Waals surface area contributed by atoms with Gasteiger partial charge in [0, 0.05) is 6.54 Å². The van der Waals surface area contributed by atoms with Crippen molar-refractivity contribution < 1.29 is 9.84 Å². The van der Waals surface area contributed by atoms with Crippen LogP contribution in [0, 0.1) is 5.92 Å². The summed E-state index contributed by atoms with van der Waals surface area (Å²) in [4.78, 5) is 12.0. The van der Waals surface area contributed by atoms with Gasteiger partial charge in [0.2, 0.25) is 11.2 Å². The molecule has 1 aliphatic carbocycles. The second-order valence-electron chi connectivity index (χ2n) is 5.40. The number of nitrogens with one attached hydrogen (secondary N) is 1. The van der Waals surface area contributed by atoms with Crippen LogP contribution in [0.25, 0.3) is 0 Å². The average Bonchev–Trinajstić information content (AvgIpc) is 2.40. The first-order valence-corrected chi connectivity index (χ1v) is 7.39. The maximum Gasteiger partial charge on any atom is 0.322 e. The summed E-state index contributed by atoms with van der Waals surface area (Å²) in [6.07, 6.45) is 3.66. The van der Waals surface area contributed by atoms with Crippen LogP contribution in [-0.4, -0.2) is 38.8 Å². The summed E-state index contributed by atoms with van der Waals surface area (Å²) < 4.78 is 5.21. The molecule has 1 saturated carbocycles. The van der Waals surface area contributed by atoms with Crippen molar-refractivity contribution in [2.75, 3.05) is 18.5 Å². The van der Waals surface area contributed by atoms with E-state index in [1.165, 1.54) is 0 Å². The summed E-state index contributed by atoms with van der Waals surface area (Å²) in [6, 6.07) is 0.194. The van der Waals surface area contributed by atoms with Gasteiger partial charge < -0.3 is 15.2 Å². The van der Waals surface area contributed by atoms with Gasteiger partial charge in [-0.05, 0) is 50.1 Å². The minimum atomic E-state index is -0.697. The number of hydrogen-bond donors (Lipinski definition) is 2. The topological polar surface area (TPSA) is 80.2 Å². The molecule has 0 saturated heterocycles. The van der Waals surface area contributed by atoms with E-state index in [0.29, 0.717) is 25.0 Å². The average molecular weight is 301 g/mol. The van der Waals surface area contributed by atoms with Crippen LogP contribution < -0.4 is 10.1 Å². The predicted molar refractivity (Wildman–Crippen MR) is 77.1 cm³/mol. The normalized spacial score (nSPS) is 26.3. The SMILES string of the molecule is CCOc1nc(Cl)nc(NCC2(O)CCC(C)CC2)n1. The van der Waals surface area contributed by atoms with Gasteiger partial charge in [-0.15, -0.1) is 0 Å². The smallest absolute Gasteiger partial charge is 0.322 e. The first-order valence-electron chi connectivity index (χ1n) is 7.01. The van der Waals surface area contributed by atoms with Crippen LogP contribution in [0.15, 0.2) is 0 Å². The Morgan fingerprint density at radius 2 is 2.05 bits per heavy atom. The van der Waals surface area contributed by atoms with Crippen LogP contribution in [0.4, 0.5) is 5.95 Å². The molecule has 1 aromatic rings. The van der Waals surface area contributed by atoms with Gasteiger partial charge in [-0.3, -0.25) is 0 Å². The Labute approximate surface area is 123 Å².